The van der Waals surface area contributed by atoms with Gasteiger partial charge in [-0.1, -0.05) is 41.9 Å². The molecular formula is C15H16ClNO3S. The van der Waals surface area contributed by atoms with Gasteiger partial charge in [0.15, 0.2) is 0 Å². The Labute approximate surface area is 129 Å². The second-order valence-corrected chi connectivity index (χ2v) is 6.60. The fourth-order valence-corrected chi connectivity index (χ4v) is 3.11. The van der Waals surface area contributed by atoms with Gasteiger partial charge in [0, 0.05) is 12.6 Å². The summed E-state index contributed by atoms with van der Waals surface area (Å²) < 4.78 is 32.0. The fraction of sp³-hybridized carbons (Fsp3) is 0.200. The second kappa shape index (κ2) is 6.93. The molecule has 0 aliphatic rings. The fourth-order valence-electron chi connectivity index (χ4n) is 1.87. The number of ether oxygens (including phenoxy) is 1. The van der Waals surface area contributed by atoms with Crippen LogP contribution in [0.25, 0.3) is 0 Å². The number of hydrogen-bond acceptors (Lipinski definition) is 3. The van der Waals surface area contributed by atoms with Crippen LogP contribution >= 0.6 is 11.6 Å². The maximum Gasteiger partial charge on any atom is 0.240 e. The second-order valence-electron chi connectivity index (χ2n) is 4.43. The number of nitrogens with one attached hydrogen (secondary N) is 1. The maximum atomic E-state index is 12.2. The summed E-state index contributed by atoms with van der Waals surface area (Å²) in [6.07, 6.45) is 0.630. The molecular weight excluding hydrogens is 310 g/mol. The van der Waals surface area contributed by atoms with Gasteiger partial charge in [-0.05, 0) is 24.1 Å². The van der Waals surface area contributed by atoms with Crippen molar-refractivity contribution in [3.63, 3.8) is 0 Å². The molecule has 2 aromatic rings. The molecule has 0 unspecified atom stereocenters. The van der Waals surface area contributed by atoms with Crippen LogP contribution in [0.3, 0.4) is 0 Å². The van der Waals surface area contributed by atoms with Gasteiger partial charge in [-0.15, -0.1) is 0 Å². The lowest BCUT2D eigenvalue weighted by Gasteiger charge is -2.09. The van der Waals surface area contributed by atoms with E-state index in [-0.39, 0.29) is 4.90 Å². The molecule has 0 bridgehead atoms. The molecule has 0 atom stereocenters. The Morgan fingerprint density at radius 2 is 1.86 bits per heavy atom. The van der Waals surface area contributed by atoms with Crippen molar-refractivity contribution in [2.75, 3.05) is 13.7 Å². The highest BCUT2D eigenvalue weighted by Gasteiger charge is 2.15. The van der Waals surface area contributed by atoms with Gasteiger partial charge in [-0.3, -0.25) is 0 Å². The molecule has 1 N–H and O–H groups in total. The minimum Gasteiger partial charge on any atom is -0.495 e. The summed E-state index contributed by atoms with van der Waals surface area (Å²) in [6, 6.07) is 14.1. The summed E-state index contributed by atoms with van der Waals surface area (Å²) >= 11 is 5.89. The highest BCUT2D eigenvalue weighted by molar-refractivity contribution is 7.89. The lowest BCUT2D eigenvalue weighted by atomic mass is 10.2. The van der Waals surface area contributed by atoms with E-state index in [0.29, 0.717) is 23.7 Å². The van der Waals surface area contributed by atoms with Crippen molar-refractivity contribution in [1.82, 2.24) is 4.72 Å². The molecule has 2 aromatic carbocycles. The van der Waals surface area contributed by atoms with E-state index < -0.39 is 10.0 Å². The third-order valence-electron chi connectivity index (χ3n) is 2.98. The van der Waals surface area contributed by atoms with Gasteiger partial charge in [0.25, 0.3) is 0 Å². The zero-order valence-electron chi connectivity index (χ0n) is 11.5. The lowest BCUT2D eigenvalue weighted by molar-refractivity contribution is 0.413. The molecule has 112 valence electrons. The van der Waals surface area contributed by atoms with Crippen molar-refractivity contribution < 1.29 is 13.2 Å². The number of benzene rings is 2. The smallest absolute Gasteiger partial charge is 0.240 e. The summed E-state index contributed by atoms with van der Waals surface area (Å²) in [5.74, 6) is 0.336. The van der Waals surface area contributed by atoms with E-state index in [2.05, 4.69) is 4.72 Å². The zero-order valence-corrected chi connectivity index (χ0v) is 13.1. The molecule has 2 rings (SSSR count). The van der Waals surface area contributed by atoms with Crippen molar-refractivity contribution in [3.05, 3.63) is 59.1 Å². The molecule has 0 fully saturated rings. The quantitative estimate of drug-likeness (QED) is 0.888. The predicted molar refractivity (Wildman–Crippen MR) is 83.3 cm³/mol. The predicted octanol–water partition coefficient (Wildman–Crippen LogP) is 2.87. The average molecular weight is 326 g/mol. The van der Waals surface area contributed by atoms with Gasteiger partial charge in [0.1, 0.15) is 5.75 Å². The minimum atomic E-state index is -3.57. The van der Waals surface area contributed by atoms with E-state index >= 15 is 0 Å². The van der Waals surface area contributed by atoms with Gasteiger partial charge in [-0.2, -0.15) is 0 Å². The third-order valence-corrected chi connectivity index (χ3v) is 4.75. The summed E-state index contributed by atoms with van der Waals surface area (Å²) in [7, 11) is -2.12. The van der Waals surface area contributed by atoms with Crippen LogP contribution in [0.4, 0.5) is 0 Å². The highest BCUT2D eigenvalue weighted by atomic mass is 35.5. The molecule has 0 radical (unpaired) electrons. The van der Waals surface area contributed by atoms with Crippen LogP contribution in [0, 0.1) is 0 Å². The maximum absolute atomic E-state index is 12.2. The summed E-state index contributed by atoms with van der Waals surface area (Å²) in [5.41, 5.74) is 1.08. The monoisotopic (exact) mass is 325 g/mol. The van der Waals surface area contributed by atoms with Crippen molar-refractivity contribution in [1.29, 1.82) is 0 Å². The third kappa shape index (κ3) is 4.20. The first-order chi connectivity index (χ1) is 10.0. The SMILES string of the molecule is COc1cc(S(=O)(=O)NCCc2ccccc2)ccc1Cl. The van der Waals surface area contributed by atoms with Crippen molar-refractivity contribution in [2.45, 2.75) is 11.3 Å². The zero-order chi connectivity index (χ0) is 15.3. The van der Waals surface area contributed by atoms with E-state index in [0.717, 1.165) is 5.56 Å². The van der Waals surface area contributed by atoms with Gasteiger partial charge >= 0.3 is 0 Å². The van der Waals surface area contributed by atoms with Crippen LogP contribution in [0.15, 0.2) is 53.4 Å². The molecule has 0 amide bonds. The number of rotatable bonds is 6. The van der Waals surface area contributed by atoms with Crippen molar-refractivity contribution in [2.24, 2.45) is 0 Å². The number of hydrogen-bond donors (Lipinski definition) is 1. The molecule has 0 heterocycles. The largest absolute Gasteiger partial charge is 0.495 e. The Kier molecular flexibility index (Phi) is 5.22. The van der Waals surface area contributed by atoms with Crippen LogP contribution in [-0.4, -0.2) is 22.1 Å². The Morgan fingerprint density at radius 3 is 2.52 bits per heavy atom. The van der Waals surface area contributed by atoms with E-state index in [1.807, 2.05) is 30.3 Å². The molecule has 0 spiro atoms. The van der Waals surface area contributed by atoms with Gasteiger partial charge in [0.2, 0.25) is 10.0 Å². The Hall–Kier alpha value is -1.56. The first-order valence-corrected chi connectivity index (χ1v) is 8.26. The van der Waals surface area contributed by atoms with Crippen LogP contribution in [0.1, 0.15) is 5.56 Å². The lowest BCUT2D eigenvalue weighted by Crippen LogP contribution is -2.26. The molecule has 6 heteroatoms. The molecule has 0 saturated heterocycles. The molecule has 0 aliphatic carbocycles. The first-order valence-electron chi connectivity index (χ1n) is 6.40. The summed E-state index contributed by atoms with van der Waals surface area (Å²) in [5, 5.41) is 0.376. The van der Waals surface area contributed by atoms with Crippen LogP contribution in [-0.2, 0) is 16.4 Å². The Balaban J connectivity index is 2.05. The van der Waals surface area contributed by atoms with Crippen molar-refractivity contribution in [3.8, 4) is 5.75 Å². The molecule has 21 heavy (non-hydrogen) atoms. The van der Waals surface area contributed by atoms with E-state index in [1.54, 1.807) is 0 Å². The molecule has 0 aliphatic heterocycles. The standard InChI is InChI=1S/C15H16ClNO3S/c1-20-15-11-13(7-8-14(15)16)21(18,19)17-10-9-12-5-3-2-4-6-12/h2-8,11,17H,9-10H2,1H3. The first kappa shape index (κ1) is 15.8. The van der Waals surface area contributed by atoms with Gasteiger partial charge < -0.3 is 4.74 Å². The molecule has 4 nitrogen and oxygen atoms in total. The summed E-state index contributed by atoms with van der Waals surface area (Å²) in [4.78, 5) is 0.136. The van der Waals surface area contributed by atoms with Crippen LogP contribution < -0.4 is 9.46 Å². The van der Waals surface area contributed by atoms with E-state index in [4.69, 9.17) is 16.3 Å². The topological polar surface area (TPSA) is 55.4 Å². The molecule has 0 aromatic heterocycles. The van der Waals surface area contributed by atoms with Crippen LogP contribution in [0.2, 0.25) is 5.02 Å². The molecule has 0 saturated carbocycles. The van der Waals surface area contributed by atoms with Crippen molar-refractivity contribution >= 4 is 21.6 Å². The van der Waals surface area contributed by atoms with Gasteiger partial charge in [0.05, 0.1) is 17.0 Å². The number of halogens is 1. The Bertz CT molecular complexity index is 702. The summed E-state index contributed by atoms with van der Waals surface area (Å²) in [6.45, 7) is 0.331. The number of sulfonamides is 1. The van der Waals surface area contributed by atoms with E-state index in [1.165, 1.54) is 25.3 Å². The average Bonchev–Trinajstić information content (AvgIpc) is 2.48. The van der Waals surface area contributed by atoms with Crippen LogP contribution in [0.5, 0.6) is 5.75 Å². The van der Waals surface area contributed by atoms with Gasteiger partial charge in [-0.25, -0.2) is 13.1 Å². The Morgan fingerprint density at radius 1 is 1.14 bits per heavy atom. The normalized spacial score (nSPS) is 11.3. The minimum absolute atomic E-state index is 0.136. The highest BCUT2D eigenvalue weighted by Crippen LogP contribution is 2.26. The van der Waals surface area contributed by atoms with E-state index in [9.17, 15) is 8.42 Å². The number of methoxy groups -OCH3 is 1.